The molecular formula is C22H28FNO. The van der Waals surface area contributed by atoms with Crippen LogP contribution in [-0.2, 0) is 4.79 Å². The number of hydrogen-bond donors (Lipinski definition) is 0. The highest BCUT2D eigenvalue weighted by Crippen LogP contribution is 2.34. The van der Waals surface area contributed by atoms with Crippen LogP contribution in [0.4, 0.5) is 10.1 Å². The molecule has 2 aromatic rings. The molecule has 0 aliphatic rings. The molecule has 0 aromatic heterocycles. The number of unbranched alkanes of at least 4 members (excludes halogenated alkanes) is 1. The Morgan fingerprint density at radius 1 is 1.08 bits per heavy atom. The van der Waals surface area contributed by atoms with Crippen molar-refractivity contribution in [1.29, 1.82) is 0 Å². The molecule has 0 heterocycles. The average Bonchev–Trinajstić information content (AvgIpc) is 2.64. The number of carbonyl (C=O) groups excluding carboxylic acids is 1. The molecule has 2 aromatic carbocycles. The summed E-state index contributed by atoms with van der Waals surface area (Å²) in [5.74, 6) is 0.149. The van der Waals surface area contributed by atoms with Crippen molar-refractivity contribution in [3.63, 3.8) is 0 Å². The highest BCUT2D eigenvalue weighted by atomic mass is 19.1. The molecule has 0 radical (unpaired) electrons. The fourth-order valence-electron chi connectivity index (χ4n) is 3.41. The lowest BCUT2D eigenvalue weighted by Crippen LogP contribution is -2.26. The highest BCUT2D eigenvalue weighted by Gasteiger charge is 2.23. The fourth-order valence-corrected chi connectivity index (χ4v) is 3.41. The Labute approximate surface area is 150 Å². The van der Waals surface area contributed by atoms with Gasteiger partial charge in [-0.3, -0.25) is 0 Å². The lowest BCUT2D eigenvalue weighted by atomic mass is 9.85. The molecule has 0 saturated heterocycles. The molecule has 2 rings (SSSR count). The molecule has 0 aliphatic carbocycles. The van der Waals surface area contributed by atoms with Gasteiger partial charge in [0.25, 0.3) is 0 Å². The van der Waals surface area contributed by atoms with Crippen LogP contribution in [0.2, 0.25) is 0 Å². The van der Waals surface area contributed by atoms with Crippen molar-refractivity contribution in [2.75, 3.05) is 11.9 Å². The summed E-state index contributed by atoms with van der Waals surface area (Å²) in [6.07, 6.45) is 5.47. The molecule has 134 valence electrons. The van der Waals surface area contributed by atoms with Crippen molar-refractivity contribution in [3.8, 4) is 0 Å². The van der Waals surface area contributed by atoms with Gasteiger partial charge in [0.1, 0.15) is 18.1 Å². The van der Waals surface area contributed by atoms with Crippen molar-refractivity contribution in [1.82, 2.24) is 0 Å². The third-order valence-electron chi connectivity index (χ3n) is 4.92. The lowest BCUT2D eigenvalue weighted by molar-refractivity contribution is -0.109. The molecule has 0 amide bonds. The second kappa shape index (κ2) is 9.36. The predicted octanol–water partition coefficient (Wildman–Crippen LogP) is 5.89. The van der Waals surface area contributed by atoms with Crippen LogP contribution in [0.5, 0.6) is 0 Å². The normalized spacial score (nSPS) is 13.3. The van der Waals surface area contributed by atoms with Gasteiger partial charge >= 0.3 is 0 Å². The summed E-state index contributed by atoms with van der Waals surface area (Å²) >= 11 is 0. The molecule has 0 spiro atoms. The second-order valence-corrected chi connectivity index (χ2v) is 6.55. The summed E-state index contributed by atoms with van der Waals surface area (Å²) in [5.41, 5.74) is 2.96. The van der Waals surface area contributed by atoms with Gasteiger partial charge in [0.2, 0.25) is 0 Å². The van der Waals surface area contributed by atoms with E-state index in [9.17, 15) is 9.18 Å². The SMILES string of the molecule is CCCCC(CC)c1ccccc1C(C=O)N(C)c1cccc(F)c1. The largest absolute Gasteiger partial charge is 0.361 e. The number of nitrogens with zero attached hydrogens (tertiary/aromatic N) is 1. The molecule has 3 heteroatoms. The molecule has 0 bridgehead atoms. The van der Waals surface area contributed by atoms with Crippen molar-refractivity contribution in [2.45, 2.75) is 51.5 Å². The first kappa shape index (κ1) is 19.2. The average molecular weight is 341 g/mol. The zero-order valence-electron chi connectivity index (χ0n) is 15.4. The van der Waals surface area contributed by atoms with Gasteiger partial charge in [-0.25, -0.2) is 4.39 Å². The minimum absolute atomic E-state index is 0.295. The molecule has 2 unspecified atom stereocenters. The highest BCUT2D eigenvalue weighted by molar-refractivity contribution is 5.70. The van der Waals surface area contributed by atoms with Crippen LogP contribution >= 0.6 is 0 Å². The molecule has 0 saturated carbocycles. The van der Waals surface area contributed by atoms with Gasteiger partial charge in [0, 0.05) is 12.7 Å². The summed E-state index contributed by atoms with van der Waals surface area (Å²) < 4.78 is 13.6. The lowest BCUT2D eigenvalue weighted by Gasteiger charge is -2.29. The number of benzene rings is 2. The van der Waals surface area contributed by atoms with Gasteiger partial charge in [-0.2, -0.15) is 0 Å². The monoisotopic (exact) mass is 341 g/mol. The molecule has 0 aliphatic heterocycles. The van der Waals surface area contributed by atoms with Gasteiger partial charge in [-0.1, -0.05) is 57.0 Å². The Kier molecular flexibility index (Phi) is 7.17. The number of aldehydes is 1. The Hall–Kier alpha value is -2.16. The number of rotatable bonds is 9. The van der Waals surface area contributed by atoms with E-state index in [-0.39, 0.29) is 5.82 Å². The number of carbonyl (C=O) groups is 1. The first-order valence-corrected chi connectivity index (χ1v) is 9.14. The Morgan fingerprint density at radius 2 is 1.80 bits per heavy atom. The van der Waals surface area contributed by atoms with Crippen LogP contribution in [-0.4, -0.2) is 13.3 Å². The van der Waals surface area contributed by atoms with E-state index in [2.05, 4.69) is 19.9 Å². The van der Waals surface area contributed by atoms with Crippen molar-refractivity contribution in [2.24, 2.45) is 0 Å². The van der Waals surface area contributed by atoms with Crippen LogP contribution in [0.3, 0.4) is 0 Å². The van der Waals surface area contributed by atoms with Gasteiger partial charge in [0.15, 0.2) is 0 Å². The van der Waals surface area contributed by atoms with Crippen LogP contribution in [0, 0.1) is 5.82 Å². The molecule has 25 heavy (non-hydrogen) atoms. The molecule has 0 N–H and O–H groups in total. The topological polar surface area (TPSA) is 20.3 Å². The van der Waals surface area contributed by atoms with Crippen LogP contribution < -0.4 is 4.90 Å². The minimum Gasteiger partial charge on any atom is -0.361 e. The maximum absolute atomic E-state index is 13.6. The number of anilines is 1. The van der Waals surface area contributed by atoms with Gasteiger partial charge in [0.05, 0.1) is 0 Å². The van der Waals surface area contributed by atoms with E-state index < -0.39 is 6.04 Å². The first-order chi connectivity index (χ1) is 12.1. The number of likely N-dealkylation sites (N-methyl/N-ethyl adjacent to an activating group) is 1. The van der Waals surface area contributed by atoms with E-state index in [1.165, 1.54) is 30.5 Å². The molecular weight excluding hydrogens is 313 g/mol. The quantitative estimate of drug-likeness (QED) is 0.530. The summed E-state index contributed by atoms with van der Waals surface area (Å²) in [6.45, 7) is 4.40. The van der Waals surface area contributed by atoms with E-state index in [1.807, 2.05) is 36.2 Å². The Balaban J connectivity index is 2.38. The van der Waals surface area contributed by atoms with Gasteiger partial charge in [-0.15, -0.1) is 0 Å². The number of halogens is 1. The summed E-state index contributed by atoms with van der Waals surface area (Å²) in [7, 11) is 1.84. The Bertz CT molecular complexity index is 685. The van der Waals surface area contributed by atoms with Crippen LogP contribution in [0.25, 0.3) is 0 Å². The van der Waals surface area contributed by atoms with Crippen LogP contribution in [0.15, 0.2) is 48.5 Å². The van der Waals surface area contributed by atoms with E-state index in [0.29, 0.717) is 11.6 Å². The third-order valence-corrected chi connectivity index (χ3v) is 4.92. The third kappa shape index (κ3) is 4.68. The minimum atomic E-state index is -0.423. The van der Waals surface area contributed by atoms with E-state index in [4.69, 9.17) is 0 Å². The second-order valence-electron chi connectivity index (χ2n) is 6.55. The van der Waals surface area contributed by atoms with E-state index >= 15 is 0 Å². The maximum atomic E-state index is 13.6. The summed E-state index contributed by atoms with van der Waals surface area (Å²) in [6, 6.07) is 14.1. The number of hydrogen-bond acceptors (Lipinski definition) is 2. The van der Waals surface area contributed by atoms with Crippen molar-refractivity contribution >= 4 is 12.0 Å². The van der Waals surface area contributed by atoms with E-state index in [0.717, 1.165) is 24.7 Å². The van der Waals surface area contributed by atoms with Crippen molar-refractivity contribution < 1.29 is 9.18 Å². The molecule has 2 nitrogen and oxygen atoms in total. The fraction of sp³-hybridized carbons (Fsp3) is 0.409. The standard InChI is InChI=1S/C22H28FNO/c1-4-6-10-17(5-2)20-13-7-8-14-21(20)22(16-25)24(3)19-12-9-11-18(23)15-19/h7-9,11-17,22H,4-6,10H2,1-3H3. The molecule has 0 fully saturated rings. The molecule has 2 atom stereocenters. The summed E-state index contributed by atoms with van der Waals surface area (Å²) in [4.78, 5) is 13.8. The maximum Gasteiger partial charge on any atom is 0.146 e. The predicted molar refractivity (Wildman–Crippen MR) is 103 cm³/mol. The smallest absolute Gasteiger partial charge is 0.146 e. The zero-order valence-corrected chi connectivity index (χ0v) is 15.4. The van der Waals surface area contributed by atoms with Gasteiger partial charge in [-0.05, 0) is 48.1 Å². The Morgan fingerprint density at radius 3 is 2.40 bits per heavy atom. The zero-order chi connectivity index (χ0) is 18.2. The van der Waals surface area contributed by atoms with Crippen molar-refractivity contribution in [3.05, 3.63) is 65.5 Å². The van der Waals surface area contributed by atoms with Gasteiger partial charge < -0.3 is 9.69 Å². The summed E-state index contributed by atoms with van der Waals surface area (Å²) in [5, 5.41) is 0. The first-order valence-electron chi connectivity index (χ1n) is 9.14. The van der Waals surface area contributed by atoms with E-state index in [1.54, 1.807) is 6.07 Å². The van der Waals surface area contributed by atoms with Crippen LogP contribution in [0.1, 0.15) is 62.6 Å².